The first-order chi connectivity index (χ1) is 17.9. The second-order valence-electron chi connectivity index (χ2n) is 10.3. The third kappa shape index (κ3) is 6.87. The van der Waals surface area contributed by atoms with Crippen LogP contribution in [0.1, 0.15) is 18.5 Å². The van der Waals surface area contributed by atoms with Gasteiger partial charge in [0.2, 0.25) is 0 Å². The zero-order valence-corrected chi connectivity index (χ0v) is 22.7. The molecule has 1 aromatic carbocycles. The molecule has 1 saturated carbocycles. The van der Waals surface area contributed by atoms with Gasteiger partial charge in [0.1, 0.15) is 30.3 Å². The van der Waals surface area contributed by atoms with Crippen LogP contribution in [0, 0.1) is 5.41 Å². The fourth-order valence-electron chi connectivity index (χ4n) is 3.77. The molecule has 0 saturated heterocycles. The highest BCUT2D eigenvalue weighted by Gasteiger charge is 2.52. The molecule has 38 heavy (non-hydrogen) atoms. The van der Waals surface area contributed by atoms with E-state index in [2.05, 4.69) is 28.7 Å². The highest BCUT2D eigenvalue weighted by atomic mass is 32.3. The summed E-state index contributed by atoms with van der Waals surface area (Å²) in [6, 6.07) is 10.7. The maximum Gasteiger partial charge on any atom is 0.434 e. The van der Waals surface area contributed by atoms with Crippen molar-refractivity contribution >= 4 is 16.0 Å². The van der Waals surface area contributed by atoms with Crippen molar-refractivity contribution in [3.8, 4) is 28.4 Å². The van der Waals surface area contributed by atoms with Crippen LogP contribution >= 0.6 is 10.0 Å². The van der Waals surface area contributed by atoms with E-state index >= 15 is 0 Å². The maximum absolute atomic E-state index is 13.4. The largest absolute Gasteiger partial charge is 0.492 e. The number of imidazole rings is 1. The minimum Gasteiger partial charge on any atom is -0.492 e. The number of benzene rings is 1. The van der Waals surface area contributed by atoms with Crippen molar-refractivity contribution in [2.45, 2.75) is 25.7 Å². The number of carbonyl (C=O) groups is 1. The van der Waals surface area contributed by atoms with Crippen LogP contribution in [0.2, 0.25) is 0 Å². The molecule has 0 atom stereocenters. The van der Waals surface area contributed by atoms with Crippen molar-refractivity contribution < 1.29 is 32.2 Å². The van der Waals surface area contributed by atoms with E-state index in [9.17, 15) is 18.0 Å². The molecule has 0 radical (unpaired) electrons. The smallest absolute Gasteiger partial charge is 0.434 e. The van der Waals surface area contributed by atoms with Gasteiger partial charge in [-0.2, -0.15) is 13.2 Å². The summed E-state index contributed by atoms with van der Waals surface area (Å²) in [5, 5.41) is 0. The van der Waals surface area contributed by atoms with Gasteiger partial charge < -0.3 is 18.8 Å². The Morgan fingerprint density at radius 1 is 1.08 bits per heavy atom. The Kier molecular flexibility index (Phi) is 8.08. The number of hydrogen-bond acceptors (Lipinski definition) is 6. The minimum absolute atomic E-state index is 0.0333. The van der Waals surface area contributed by atoms with E-state index in [-0.39, 0.29) is 25.1 Å². The summed E-state index contributed by atoms with van der Waals surface area (Å²) in [5.74, 6) is 1.37. The number of aromatic nitrogens is 3. The van der Waals surface area contributed by atoms with Gasteiger partial charge in [0, 0.05) is 29.3 Å². The van der Waals surface area contributed by atoms with Crippen LogP contribution in [0.5, 0.6) is 5.75 Å². The van der Waals surface area contributed by atoms with E-state index in [0.717, 1.165) is 30.4 Å². The number of pyridine rings is 1. The second-order valence-corrected chi connectivity index (χ2v) is 14.9. The van der Waals surface area contributed by atoms with Crippen LogP contribution in [0.4, 0.5) is 13.2 Å². The molecule has 0 spiro atoms. The number of nitrogens with zero attached hydrogens (tertiary/aromatic N) is 3. The highest BCUT2D eigenvalue weighted by molar-refractivity contribution is 8.32. The van der Waals surface area contributed by atoms with Crippen LogP contribution in [-0.2, 0) is 27.2 Å². The molecule has 4 rings (SSSR count). The van der Waals surface area contributed by atoms with Crippen molar-refractivity contribution in [2.24, 2.45) is 5.41 Å². The lowest BCUT2D eigenvalue weighted by molar-refractivity contribution is -0.148. The van der Waals surface area contributed by atoms with Crippen molar-refractivity contribution in [1.82, 2.24) is 14.5 Å². The Morgan fingerprint density at radius 2 is 1.76 bits per heavy atom. The number of carbonyl (C=O) groups excluding carboxylic acids is 1. The lowest BCUT2D eigenvalue weighted by Gasteiger charge is -2.24. The van der Waals surface area contributed by atoms with Gasteiger partial charge in [-0.3, -0.25) is 9.78 Å². The molecule has 0 amide bonds. The first-order valence-corrected chi connectivity index (χ1v) is 15.1. The number of halogens is 3. The quantitative estimate of drug-likeness (QED) is 0.227. The average molecular weight is 552 g/mol. The normalized spacial score (nSPS) is 15.2. The predicted octanol–water partition coefficient (Wildman–Crippen LogP) is 5.63. The van der Waals surface area contributed by atoms with Crippen LogP contribution in [0.25, 0.3) is 22.6 Å². The van der Waals surface area contributed by atoms with Crippen LogP contribution in [0.3, 0.4) is 0 Å². The van der Waals surface area contributed by atoms with Crippen LogP contribution in [-0.4, -0.2) is 65.3 Å². The van der Waals surface area contributed by atoms with E-state index in [0.29, 0.717) is 23.6 Å². The predicted molar refractivity (Wildman–Crippen MR) is 141 cm³/mol. The summed E-state index contributed by atoms with van der Waals surface area (Å²) in [7, 11) is 0.605. The number of rotatable bonds is 11. The number of methoxy groups -OCH3 is 1. The number of ether oxygens (including phenoxy) is 3. The van der Waals surface area contributed by atoms with E-state index in [4.69, 9.17) is 14.2 Å². The number of hydrogen-bond donors (Lipinski definition) is 0. The molecule has 2 heterocycles. The zero-order valence-electron chi connectivity index (χ0n) is 21.9. The molecule has 0 N–H and O–H groups in total. The Hall–Kier alpha value is -3.05. The molecule has 1 fully saturated rings. The monoisotopic (exact) mass is 551 g/mol. The molecule has 0 bridgehead atoms. The second kappa shape index (κ2) is 11.0. The van der Waals surface area contributed by atoms with Crippen molar-refractivity contribution in [1.29, 1.82) is 0 Å². The van der Waals surface area contributed by atoms with Gasteiger partial charge in [-0.25, -0.2) is 15.0 Å². The van der Waals surface area contributed by atoms with E-state index in [1.54, 1.807) is 24.3 Å². The Bertz CT molecular complexity index is 1250. The molecule has 1 aliphatic carbocycles. The van der Waals surface area contributed by atoms with Gasteiger partial charge in [-0.15, -0.1) is 0 Å². The van der Waals surface area contributed by atoms with E-state index in [1.807, 2.05) is 12.1 Å². The third-order valence-electron chi connectivity index (χ3n) is 6.30. The summed E-state index contributed by atoms with van der Waals surface area (Å²) >= 11 is 0. The zero-order chi connectivity index (χ0) is 27.6. The molecular formula is C27H32F3N3O4S. The summed E-state index contributed by atoms with van der Waals surface area (Å²) < 4.78 is 57.8. The molecular weight excluding hydrogens is 519 g/mol. The van der Waals surface area contributed by atoms with Gasteiger partial charge in [0.15, 0.2) is 5.69 Å². The fourth-order valence-corrected chi connectivity index (χ4v) is 4.39. The third-order valence-corrected chi connectivity index (χ3v) is 7.69. The van der Waals surface area contributed by atoms with Gasteiger partial charge in [-0.05, 0) is 68.0 Å². The van der Waals surface area contributed by atoms with E-state index < -0.39 is 27.3 Å². The molecule has 11 heteroatoms. The molecule has 7 nitrogen and oxygen atoms in total. The van der Waals surface area contributed by atoms with Gasteiger partial charge in [0.25, 0.3) is 0 Å². The summed E-state index contributed by atoms with van der Waals surface area (Å²) in [4.78, 5) is 20.2. The van der Waals surface area contributed by atoms with Crippen molar-refractivity contribution in [3.63, 3.8) is 0 Å². The van der Waals surface area contributed by atoms with Crippen LogP contribution < -0.4 is 4.74 Å². The standard InChI is InChI=1S/C27H32F3N3O4S/c1-35-25(34)26(11-12-26)17-37-21-8-5-19(6-9-21)22-10-7-20(15-31-22)24-32-23(27(28,29)30)16-33(24)18-36-13-14-38(2,3)4/h5-10,15-16H,11-14,17-18H2,1-4H3. The molecule has 1 aliphatic rings. The molecule has 2 aromatic heterocycles. The summed E-state index contributed by atoms with van der Waals surface area (Å²) in [5.41, 5.74) is 0.392. The Balaban J connectivity index is 1.45. The van der Waals surface area contributed by atoms with Crippen LogP contribution in [0.15, 0.2) is 48.8 Å². The minimum atomic E-state index is -4.57. The summed E-state index contributed by atoms with van der Waals surface area (Å²) in [6.45, 7) is 0.687. The van der Waals surface area contributed by atoms with Crippen molar-refractivity contribution in [2.75, 3.05) is 44.8 Å². The first kappa shape index (κ1) is 28.0. The SMILES string of the molecule is COC(=O)C1(COc2ccc(-c3ccc(-c4nc(C(F)(F)F)cn4COCCS(C)(C)C)cn3)cc2)CC1. The van der Waals surface area contributed by atoms with Gasteiger partial charge in [-0.1, -0.05) is 0 Å². The summed E-state index contributed by atoms with van der Waals surface area (Å²) in [6.07, 6.45) is 5.88. The lowest BCUT2D eigenvalue weighted by Crippen LogP contribution is -2.24. The highest BCUT2D eigenvalue weighted by Crippen LogP contribution is 2.47. The molecule has 206 valence electrons. The lowest BCUT2D eigenvalue weighted by atomic mass is 10.1. The van der Waals surface area contributed by atoms with Gasteiger partial charge >= 0.3 is 12.1 Å². The fraction of sp³-hybridized carbons (Fsp3) is 0.444. The molecule has 3 aromatic rings. The Morgan fingerprint density at radius 3 is 2.32 bits per heavy atom. The topological polar surface area (TPSA) is 75.5 Å². The average Bonchev–Trinajstić information content (AvgIpc) is 3.54. The van der Waals surface area contributed by atoms with Gasteiger partial charge in [0.05, 0.1) is 19.4 Å². The molecule has 0 aliphatic heterocycles. The maximum atomic E-state index is 13.4. The first-order valence-electron chi connectivity index (χ1n) is 12.1. The van der Waals surface area contributed by atoms with E-state index in [1.165, 1.54) is 17.9 Å². The molecule has 0 unspecified atom stereocenters. The Labute approximate surface area is 221 Å². The van der Waals surface area contributed by atoms with Crippen molar-refractivity contribution in [3.05, 3.63) is 54.5 Å². The number of alkyl halides is 3. The number of esters is 1.